The van der Waals surface area contributed by atoms with Crippen LogP contribution in [0.25, 0.3) is 0 Å². The lowest BCUT2D eigenvalue weighted by atomic mass is 9.92. The highest BCUT2D eigenvalue weighted by atomic mass is 32.2. The van der Waals surface area contributed by atoms with Crippen molar-refractivity contribution >= 4 is 21.6 Å². The molecule has 0 aromatic heterocycles. The standard InChI is InChI=1S/C25H32N2O6S/c1-3-22(33-21-10-8-18-6-4-5-7-19(18)16-21)25(28)26-20-9-11-23(31-2)24(17-20)34(29,30)27-12-14-32-15-13-27/h8-11,16-17,22H,3-7,12-15H2,1-2H3,(H,26,28). The lowest BCUT2D eigenvalue weighted by Gasteiger charge is -2.27. The smallest absolute Gasteiger partial charge is 0.265 e. The fourth-order valence-corrected chi connectivity index (χ4v) is 5.96. The van der Waals surface area contributed by atoms with Crippen LogP contribution >= 0.6 is 0 Å². The van der Waals surface area contributed by atoms with Crippen LogP contribution in [0.2, 0.25) is 0 Å². The van der Waals surface area contributed by atoms with Crippen molar-refractivity contribution in [3.05, 3.63) is 47.5 Å². The normalized spacial score (nSPS) is 17.5. The Morgan fingerprint density at radius 1 is 1.09 bits per heavy atom. The Morgan fingerprint density at radius 3 is 2.53 bits per heavy atom. The maximum Gasteiger partial charge on any atom is 0.265 e. The minimum Gasteiger partial charge on any atom is -0.495 e. The van der Waals surface area contributed by atoms with Gasteiger partial charge in [-0.3, -0.25) is 4.79 Å². The predicted molar refractivity (Wildman–Crippen MR) is 129 cm³/mol. The second-order valence-electron chi connectivity index (χ2n) is 8.52. The van der Waals surface area contributed by atoms with Crippen molar-refractivity contribution in [2.45, 2.75) is 50.0 Å². The Hall–Kier alpha value is -2.62. The SMILES string of the molecule is CCC(Oc1ccc2c(c1)CCCC2)C(=O)Nc1ccc(OC)c(S(=O)(=O)N2CCOCC2)c1. The van der Waals surface area contributed by atoms with E-state index >= 15 is 0 Å². The van der Waals surface area contributed by atoms with Crippen LogP contribution in [0.5, 0.6) is 11.5 Å². The van der Waals surface area contributed by atoms with Gasteiger partial charge in [0.1, 0.15) is 16.4 Å². The molecular formula is C25H32N2O6S. The Labute approximate surface area is 201 Å². The summed E-state index contributed by atoms with van der Waals surface area (Å²) in [6, 6.07) is 10.6. The molecule has 1 unspecified atom stereocenters. The number of hydrogen-bond donors (Lipinski definition) is 1. The summed E-state index contributed by atoms with van der Waals surface area (Å²) in [5, 5.41) is 2.82. The first-order chi connectivity index (χ1) is 16.4. The molecule has 1 aliphatic carbocycles. The average molecular weight is 489 g/mol. The third kappa shape index (κ3) is 5.37. The van der Waals surface area contributed by atoms with E-state index in [0.29, 0.717) is 31.1 Å². The summed E-state index contributed by atoms with van der Waals surface area (Å²) in [4.78, 5) is 13.0. The quantitative estimate of drug-likeness (QED) is 0.612. The minimum atomic E-state index is -3.80. The van der Waals surface area contributed by atoms with E-state index in [-0.39, 0.29) is 29.6 Å². The highest BCUT2D eigenvalue weighted by Gasteiger charge is 2.30. The average Bonchev–Trinajstić information content (AvgIpc) is 2.87. The van der Waals surface area contributed by atoms with Crippen molar-refractivity contribution in [3.8, 4) is 11.5 Å². The minimum absolute atomic E-state index is 0.0124. The monoisotopic (exact) mass is 488 g/mol. The Balaban J connectivity index is 1.51. The maximum atomic E-state index is 13.2. The van der Waals surface area contributed by atoms with Crippen LogP contribution in [0.3, 0.4) is 0 Å². The van der Waals surface area contributed by atoms with Crippen molar-refractivity contribution in [3.63, 3.8) is 0 Å². The number of benzene rings is 2. The first-order valence-corrected chi connectivity index (χ1v) is 13.2. The topological polar surface area (TPSA) is 94.2 Å². The number of carbonyl (C=O) groups is 1. The number of nitrogens with zero attached hydrogens (tertiary/aromatic N) is 1. The Morgan fingerprint density at radius 2 is 1.82 bits per heavy atom. The van der Waals surface area contributed by atoms with Crippen molar-refractivity contribution in [2.24, 2.45) is 0 Å². The van der Waals surface area contributed by atoms with Gasteiger partial charge in [0.25, 0.3) is 5.91 Å². The predicted octanol–water partition coefficient (Wildman–Crippen LogP) is 3.39. The number of rotatable bonds is 8. The van der Waals surface area contributed by atoms with E-state index in [0.717, 1.165) is 12.8 Å². The van der Waals surface area contributed by atoms with Crippen molar-refractivity contribution < 1.29 is 27.4 Å². The van der Waals surface area contributed by atoms with Gasteiger partial charge in [-0.05, 0) is 73.6 Å². The van der Waals surface area contributed by atoms with E-state index in [1.54, 1.807) is 12.1 Å². The lowest BCUT2D eigenvalue weighted by molar-refractivity contribution is -0.122. The van der Waals surface area contributed by atoms with Crippen molar-refractivity contribution in [1.82, 2.24) is 4.31 Å². The molecule has 1 atom stereocenters. The van der Waals surface area contributed by atoms with Crippen molar-refractivity contribution in [2.75, 3.05) is 38.7 Å². The fraction of sp³-hybridized carbons (Fsp3) is 0.480. The molecule has 1 N–H and O–H groups in total. The lowest BCUT2D eigenvalue weighted by Crippen LogP contribution is -2.40. The van der Waals surface area contributed by atoms with Crippen molar-refractivity contribution in [1.29, 1.82) is 0 Å². The molecule has 1 amide bonds. The third-order valence-corrected chi connectivity index (χ3v) is 8.20. The zero-order chi connectivity index (χ0) is 24.1. The number of morpholine rings is 1. The molecule has 34 heavy (non-hydrogen) atoms. The summed E-state index contributed by atoms with van der Waals surface area (Å²) in [6.45, 7) is 3.11. The summed E-state index contributed by atoms with van der Waals surface area (Å²) in [5.41, 5.74) is 3.00. The Kier molecular flexibility index (Phi) is 7.75. The Bertz CT molecular complexity index is 1130. The first-order valence-electron chi connectivity index (χ1n) is 11.8. The molecule has 9 heteroatoms. The van der Waals surface area contributed by atoms with E-state index in [1.165, 1.54) is 41.4 Å². The third-order valence-electron chi connectivity index (χ3n) is 6.28. The highest BCUT2D eigenvalue weighted by molar-refractivity contribution is 7.89. The molecule has 1 aliphatic heterocycles. The maximum absolute atomic E-state index is 13.2. The highest BCUT2D eigenvalue weighted by Crippen LogP contribution is 2.31. The molecule has 4 rings (SSSR count). The molecule has 0 saturated carbocycles. The van der Waals surface area contributed by atoms with E-state index < -0.39 is 16.1 Å². The number of sulfonamides is 1. The van der Waals surface area contributed by atoms with Gasteiger partial charge in [-0.15, -0.1) is 0 Å². The van der Waals surface area contributed by atoms with Gasteiger partial charge in [-0.1, -0.05) is 13.0 Å². The number of ether oxygens (including phenoxy) is 3. The number of nitrogens with one attached hydrogen (secondary N) is 1. The van der Waals surface area contributed by atoms with Gasteiger partial charge in [0.15, 0.2) is 6.10 Å². The van der Waals surface area contributed by atoms with E-state index in [1.807, 2.05) is 19.1 Å². The summed E-state index contributed by atoms with van der Waals surface area (Å²) in [5.74, 6) is 0.565. The van der Waals surface area contributed by atoms with E-state index in [2.05, 4.69) is 11.4 Å². The van der Waals surface area contributed by atoms with Crippen LogP contribution in [0.1, 0.15) is 37.3 Å². The number of hydrogen-bond acceptors (Lipinski definition) is 6. The summed E-state index contributed by atoms with van der Waals surface area (Å²) in [6.07, 6.45) is 4.25. The van der Waals surface area contributed by atoms with Gasteiger partial charge < -0.3 is 19.5 Å². The van der Waals surface area contributed by atoms with Gasteiger partial charge in [0.05, 0.1) is 20.3 Å². The molecule has 1 saturated heterocycles. The molecule has 0 bridgehead atoms. The molecule has 2 aliphatic rings. The largest absolute Gasteiger partial charge is 0.495 e. The van der Waals surface area contributed by atoms with Gasteiger partial charge in [-0.25, -0.2) is 8.42 Å². The molecule has 184 valence electrons. The number of carbonyl (C=O) groups excluding carboxylic acids is 1. The van der Waals surface area contributed by atoms with Gasteiger partial charge in [0.2, 0.25) is 10.0 Å². The summed E-state index contributed by atoms with van der Waals surface area (Å²) < 4.78 is 44.4. The zero-order valence-electron chi connectivity index (χ0n) is 19.7. The van der Waals surface area contributed by atoms with Crippen LogP contribution < -0.4 is 14.8 Å². The fourth-order valence-electron chi connectivity index (χ4n) is 4.37. The molecule has 2 aromatic rings. The summed E-state index contributed by atoms with van der Waals surface area (Å²) in [7, 11) is -2.38. The van der Waals surface area contributed by atoms with Gasteiger partial charge >= 0.3 is 0 Å². The van der Waals surface area contributed by atoms with Crippen LogP contribution in [0, 0.1) is 0 Å². The molecule has 1 fully saturated rings. The van der Waals surface area contributed by atoms with Gasteiger partial charge in [0, 0.05) is 18.8 Å². The number of anilines is 1. The number of methoxy groups -OCH3 is 1. The van der Waals surface area contributed by atoms with Crippen LogP contribution in [-0.2, 0) is 32.4 Å². The molecule has 2 aromatic carbocycles. The number of amides is 1. The number of fused-ring (bicyclic) bond motifs is 1. The molecular weight excluding hydrogens is 456 g/mol. The van der Waals surface area contributed by atoms with E-state index in [4.69, 9.17) is 14.2 Å². The van der Waals surface area contributed by atoms with Crippen LogP contribution in [0.15, 0.2) is 41.3 Å². The van der Waals surface area contributed by atoms with Crippen LogP contribution in [0.4, 0.5) is 5.69 Å². The molecule has 0 radical (unpaired) electrons. The second kappa shape index (κ2) is 10.8. The zero-order valence-corrected chi connectivity index (χ0v) is 20.5. The first kappa shape index (κ1) is 24.5. The van der Waals surface area contributed by atoms with Crippen LogP contribution in [-0.4, -0.2) is 58.1 Å². The van der Waals surface area contributed by atoms with E-state index in [9.17, 15) is 13.2 Å². The summed E-state index contributed by atoms with van der Waals surface area (Å²) >= 11 is 0. The molecule has 0 spiro atoms. The molecule has 1 heterocycles. The number of aryl methyl sites for hydroxylation is 2. The second-order valence-corrected chi connectivity index (χ2v) is 10.4. The molecule has 8 nitrogen and oxygen atoms in total. The van der Waals surface area contributed by atoms with Gasteiger partial charge in [-0.2, -0.15) is 4.31 Å².